The first-order valence-corrected chi connectivity index (χ1v) is 9.03. The van der Waals surface area contributed by atoms with Crippen molar-refractivity contribution in [2.24, 2.45) is 0 Å². The van der Waals surface area contributed by atoms with E-state index < -0.39 is 5.72 Å². The Morgan fingerprint density at radius 1 is 1.08 bits per heavy atom. The Morgan fingerprint density at radius 2 is 1.77 bits per heavy atom. The lowest BCUT2D eigenvalue weighted by Crippen LogP contribution is -3.00. The summed E-state index contributed by atoms with van der Waals surface area (Å²) in [7, 11) is 1.65. The third-order valence-electron chi connectivity index (χ3n) is 5.17. The lowest BCUT2D eigenvalue weighted by atomic mass is 10.0. The molecule has 2 aliphatic heterocycles. The van der Waals surface area contributed by atoms with Crippen LogP contribution in [0.1, 0.15) is 24.8 Å². The second-order valence-corrected chi connectivity index (χ2v) is 7.07. The second kappa shape index (κ2) is 7.59. The minimum atomic E-state index is -1.03. The summed E-state index contributed by atoms with van der Waals surface area (Å²) in [6.07, 6.45) is 3.21. The number of rotatable bonds is 3. The van der Waals surface area contributed by atoms with E-state index in [2.05, 4.69) is 9.48 Å². The van der Waals surface area contributed by atoms with Gasteiger partial charge < -0.3 is 26.8 Å². The number of methoxy groups -OCH3 is 1. The molecule has 0 spiro atoms. The Balaban J connectivity index is 0.00000196. The van der Waals surface area contributed by atoms with Crippen LogP contribution in [0.25, 0.3) is 0 Å². The van der Waals surface area contributed by atoms with Gasteiger partial charge >= 0.3 is 0 Å². The quantitative estimate of drug-likeness (QED) is 0.715. The molecular weight excluding hydrogens is 416 g/mol. The maximum absolute atomic E-state index is 11.6. The first kappa shape index (κ1) is 19.2. The summed E-state index contributed by atoms with van der Waals surface area (Å²) in [5, 5.41) is 12.3. The molecule has 0 aromatic heterocycles. The van der Waals surface area contributed by atoms with Crippen molar-refractivity contribution in [2.45, 2.75) is 25.0 Å². The molecular formula is C20H22BrClN2O2. The van der Waals surface area contributed by atoms with E-state index in [1.165, 1.54) is 5.84 Å². The monoisotopic (exact) mass is 436 g/mol. The van der Waals surface area contributed by atoms with Crippen molar-refractivity contribution < 1.29 is 31.4 Å². The molecule has 0 fully saturated rings. The molecule has 0 saturated heterocycles. The largest absolute Gasteiger partial charge is 1.00 e. The van der Waals surface area contributed by atoms with Crippen LogP contribution in [-0.4, -0.2) is 35.7 Å². The van der Waals surface area contributed by atoms with Gasteiger partial charge in [-0.2, -0.15) is 0 Å². The van der Waals surface area contributed by atoms with Crippen molar-refractivity contribution >= 4 is 23.1 Å². The summed E-state index contributed by atoms with van der Waals surface area (Å²) in [5.41, 5.74) is 0.932. The van der Waals surface area contributed by atoms with E-state index in [1.807, 2.05) is 48.5 Å². The number of amidine groups is 1. The van der Waals surface area contributed by atoms with Crippen LogP contribution >= 0.6 is 11.6 Å². The lowest BCUT2D eigenvalue weighted by molar-refractivity contribution is -0.661. The third-order valence-corrected chi connectivity index (χ3v) is 5.42. The number of aliphatic hydroxyl groups is 1. The summed E-state index contributed by atoms with van der Waals surface area (Å²) in [4.78, 5) is 2.22. The van der Waals surface area contributed by atoms with E-state index in [-0.39, 0.29) is 17.0 Å². The topological polar surface area (TPSA) is 35.7 Å². The number of benzene rings is 2. The average Bonchev–Trinajstić information content (AvgIpc) is 2.97. The molecule has 0 radical (unpaired) electrons. The Bertz CT molecular complexity index is 808. The maximum atomic E-state index is 11.6. The van der Waals surface area contributed by atoms with E-state index in [4.69, 9.17) is 16.3 Å². The van der Waals surface area contributed by atoms with Crippen LogP contribution in [-0.2, 0) is 5.72 Å². The molecule has 1 N–H and O–H groups in total. The minimum absolute atomic E-state index is 0. The van der Waals surface area contributed by atoms with Crippen LogP contribution in [0.5, 0.6) is 5.75 Å². The number of hydrogen-bond donors (Lipinski definition) is 1. The smallest absolute Gasteiger partial charge is 0.271 e. The lowest BCUT2D eigenvalue weighted by Gasteiger charge is -2.24. The highest BCUT2D eigenvalue weighted by molar-refractivity contribution is 6.30. The summed E-state index contributed by atoms with van der Waals surface area (Å²) < 4.78 is 7.41. The predicted molar refractivity (Wildman–Crippen MR) is 99.7 cm³/mol. The van der Waals surface area contributed by atoms with Crippen LogP contribution < -0.4 is 26.6 Å². The van der Waals surface area contributed by atoms with Gasteiger partial charge in [0.25, 0.3) is 11.6 Å². The molecule has 6 heteroatoms. The Morgan fingerprint density at radius 3 is 2.42 bits per heavy atom. The number of nitrogens with zero attached hydrogens (tertiary/aromatic N) is 2. The van der Waals surface area contributed by atoms with E-state index in [0.717, 1.165) is 47.8 Å². The van der Waals surface area contributed by atoms with Gasteiger partial charge in [0.1, 0.15) is 11.4 Å². The van der Waals surface area contributed by atoms with Gasteiger partial charge in [-0.05, 0) is 61.4 Å². The van der Waals surface area contributed by atoms with Crippen LogP contribution in [0.15, 0.2) is 48.5 Å². The molecule has 0 bridgehead atoms. The van der Waals surface area contributed by atoms with Crippen LogP contribution in [0.4, 0.5) is 5.69 Å². The zero-order chi connectivity index (χ0) is 17.4. The minimum Gasteiger partial charge on any atom is -1.00 e. The zero-order valence-electron chi connectivity index (χ0n) is 14.7. The van der Waals surface area contributed by atoms with Crippen molar-refractivity contribution in [3.05, 3.63) is 59.1 Å². The number of β-amino-alcohol motifs (C(OH)–C–C–N with tert-alkyl or cyclic N) is 1. The van der Waals surface area contributed by atoms with E-state index in [9.17, 15) is 5.11 Å². The number of anilines is 1. The third kappa shape index (κ3) is 3.24. The molecule has 2 aromatic carbocycles. The van der Waals surface area contributed by atoms with Gasteiger partial charge in [0, 0.05) is 17.0 Å². The van der Waals surface area contributed by atoms with Crippen LogP contribution in [0.3, 0.4) is 0 Å². The fraction of sp³-hybridized carbons (Fsp3) is 0.350. The summed E-state index contributed by atoms with van der Waals surface area (Å²) >= 11 is 6.04. The fourth-order valence-corrected chi connectivity index (χ4v) is 3.99. The van der Waals surface area contributed by atoms with Gasteiger partial charge in [-0.3, -0.25) is 0 Å². The first-order valence-electron chi connectivity index (χ1n) is 8.65. The summed E-state index contributed by atoms with van der Waals surface area (Å²) in [6.45, 7) is 1.37. The predicted octanol–water partition coefficient (Wildman–Crippen LogP) is 0.613. The van der Waals surface area contributed by atoms with E-state index in [0.29, 0.717) is 6.54 Å². The van der Waals surface area contributed by atoms with Crippen LogP contribution in [0, 0.1) is 0 Å². The highest BCUT2D eigenvalue weighted by Gasteiger charge is 2.52. The molecule has 2 heterocycles. The van der Waals surface area contributed by atoms with Gasteiger partial charge in [-0.25, -0.2) is 9.48 Å². The molecule has 2 aliphatic rings. The Labute approximate surface area is 169 Å². The molecule has 4 rings (SSSR count). The number of ether oxygens (including phenoxy) is 1. The van der Waals surface area contributed by atoms with Gasteiger partial charge in [0.15, 0.2) is 6.54 Å². The average molecular weight is 438 g/mol. The molecule has 26 heavy (non-hydrogen) atoms. The van der Waals surface area contributed by atoms with Crippen molar-refractivity contribution in [2.75, 3.05) is 25.1 Å². The normalized spacial score (nSPS) is 22.0. The molecule has 1 atom stereocenters. The number of hydrogen-bond acceptors (Lipinski definition) is 3. The number of halogens is 2. The van der Waals surface area contributed by atoms with Crippen molar-refractivity contribution in [3.8, 4) is 5.75 Å². The van der Waals surface area contributed by atoms with Gasteiger partial charge in [0.2, 0.25) is 0 Å². The fourth-order valence-electron chi connectivity index (χ4n) is 3.86. The zero-order valence-corrected chi connectivity index (χ0v) is 17.0. The molecule has 138 valence electrons. The highest BCUT2D eigenvalue weighted by atomic mass is 79.9. The highest BCUT2D eigenvalue weighted by Crippen LogP contribution is 2.36. The summed E-state index contributed by atoms with van der Waals surface area (Å²) in [6, 6.07) is 15.5. The second-order valence-electron chi connectivity index (χ2n) is 6.63. The summed E-state index contributed by atoms with van der Waals surface area (Å²) in [5.74, 6) is 1.98. The maximum Gasteiger partial charge on any atom is 0.271 e. The van der Waals surface area contributed by atoms with Gasteiger partial charge in [-0.1, -0.05) is 11.6 Å². The van der Waals surface area contributed by atoms with Gasteiger partial charge in [-0.15, -0.1) is 0 Å². The van der Waals surface area contributed by atoms with E-state index in [1.54, 1.807) is 7.11 Å². The van der Waals surface area contributed by atoms with Crippen molar-refractivity contribution in [1.29, 1.82) is 0 Å². The molecule has 0 aliphatic carbocycles. The standard InChI is InChI=1S/C20H22ClN2O2.BrH/c1-25-18-11-5-15(6-12-18)20(24)14-22(17-9-7-16(21)8-10-17)19-4-2-3-13-23(19)20;/h5-12,24H,2-4,13-14H2,1H3;1H/q+1;/p-1. The van der Waals surface area contributed by atoms with Crippen LogP contribution in [0.2, 0.25) is 5.02 Å². The first-order chi connectivity index (χ1) is 12.1. The molecule has 4 nitrogen and oxygen atoms in total. The molecule has 1 unspecified atom stereocenters. The Kier molecular flexibility index (Phi) is 5.61. The Hall–Kier alpha value is -1.56. The van der Waals surface area contributed by atoms with Crippen molar-refractivity contribution in [1.82, 2.24) is 0 Å². The molecule has 0 saturated carbocycles. The molecule has 0 amide bonds. The van der Waals surface area contributed by atoms with Crippen molar-refractivity contribution in [3.63, 3.8) is 0 Å². The SMILES string of the molecule is COc1ccc(C2(O)CN(c3ccc(Cl)cc3)C3=[N+]2CCCC3)cc1.[Br-]. The molecule has 2 aromatic rings. The van der Waals surface area contributed by atoms with Gasteiger partial charge in [0.05, 0.1) is 13.7 Å². The van der Waals surface area contributed by atoms with E-state index >= 15 is 0 Å².